The summed E-state index contributed by atoms with van der Waals surface area (Å²) in [7, 11) is 0. The molecule has 2 fully saturated rings. The molecule has 0 aromatic carbocycles. The standard InChI is InChI=1S/C22H33N3O3/c1-16(26)20-11-10-18(13-23-20)24-12-6-9-19(15-24)25(14-17-7-5-8-17)21(27)28-22(2,3)4/h10-11,13,17,19H,5-9,12,14-15H2,1-4H3/t19-/m1/s1. The molecule has 1 aromatic rings. The van der Waals surface area contributed by atoms with Crippen molar-refractivity contribution in [3.63, 3.8) is 0 Å². The number of amides is 1. The lowest BCUT2D eigenvalue weighted by atomic mass is 9.84. The second-order valence-electron chi connectivity index (χ2n) is 9.13. The van der Waals surface area contributed by atoms with Gasteiger partial charge < -0.3 is 14.5 Å². The third-order valence-electron chi connectivity index (χ3n) is 5.62. The molecule has 2 heterocycles. The smallest absolute Gasteiger partial charge is 0.410 e. The summed E-state index contributed by atoms with van der Waals surface area (Å²) in [6, 6.07) is 3.87. The Hall–Kier alpha value is -2.11. The zero-order valence-electron chi connectivity index (χ0n) is 17.6. The molecule has 1 amide bonds. The molecule has 0 radical (unpaired) electrons. The Morgan fingerprint density at radius 2 is 1.96 bits per heavy atom. The van der Waals surface area contributed by atoms with Gasteiger partial charge in [0, 0.05) is 26.6 Å². The highest BCUT2D eigenvalue weighted by Gasteiger charge is 2.34. The summed E-state index contributed by atoms with van der Waals surface area (Å²) in [5, 5.41) is 0. The van der Waals surface area contributed by atoms with Gasteiger partial charge in [0.05, 0.1) is 17.9 Å². The lowest BCUT2D eigenvalue weighted by molar-refractivity contribution is 0.00735. The summed E-state index contributed by atoms with van der Waals surface area (Å²) in [6.45, 7) is 9.77. The van der Waals surface area contributed by atoms with Crippen LogP contribution < -0.4 is 4.90 Å². The van der Waals surface area contributed by atoms with E-state index in [1.807, 2.05) is 31.7 Å². The molecule has 1 saturated heterocycles. The van der Waals surface area contributed by atoms with E-state index in [1.54, 1.807) is 12.3 Å². The lowest BCUT2D eigenvalue weighted by Crippen LogP contribution is -2.53. The first-order valence-electron chi connectivity index (χ1n) is 10.4. The number of anilines is 1. The predicted molar refractivity (Wildman–Crippen MR) is 110 cm³/mol. The quantitative estimate of drug-likeness (QED) is 0.705. The van der Waals surface area contributed by atoms with E-state index >= 15 is 0 Å². The fourth-order valence-corrected chi connectivity index (χ4v) is 3.87. The van der Waals surface area contributed by atoms with E-state index in [0.717, 1.165) is 38.2 Å². The SMILES string of the molecule is CC(=O)c1ccc(N2CCC[C@@H](N(CC3CCC3)C(=O)OC(C)(C)C)C2)cn1. The van der Waals surface area contributed by atoms with E-state index < -0.39 is 5.60 Å². The maximum Gasteiger partial charge on any atom is 0.410 e. The molecule has 2 aliphatic rings. The first kappa shape index (κ1) is 20.6. The van der Waals surface area contributed by atoms with E-state index in [4.69, 9.17) is 4.74 Å². The Kier molecular flexibility index (Phi) is 6.26. The van der Waals surface area contributed by atoms with Crippen molar-refractivity contribution in [1.82, 2.24) is 9.88 Å². The summed E-state index contributed by atoms with van der Waals surface area (Å²) in [5.74, 6) is 0.569. The number of Topliss-reactive ketones (excluding diaryl/α,β-unsaturated/α-hetero) is 1. The number of hydrogen-bond acceptors (Lipinski definition) is 5. The molecule has 1 atom stereocenters. The van der Waals surface area contributed by atoms with Crippen molar-refractivity contribution in [2.45, 2.75) is 71.4 Å². The van der Waals surface area contributed by atoms with Gasteiger partial charge in [-0.05, 0) is 64.5 Å². The number of piperidine rings is 1. The minimum absolute atomic E-state index is 0.0281. The van der Waals surface area contributed by atoms with E-state index in [-0.39, 0.29) is 17.9 Å². The van der Waals surface area contributed by atoms with Gasteiger partial charge in [0.15, 0.2) is 5.78 Å². The van der Waals surface area contributed by atoms with Crippen molar-refractivity contribution >= 4 is 17.6 Å². The monoisotopic (exact) mass is 387 g/mol. The number of pyridine rings is 1. The molecule has 6 heteroatoms. The van der Waals surface area contributed by atoms with Crippen LogP contribution in [0.4, 0.5) is 10.5 Å². The molecule has 3 rings (SSSR count). The van der Waals surface area contributed by atoms with Crippen molar-refractivity contribution in [3.8, 4) is 0 Å². The Labute approximate surface area is 168 Å². The summed E-state index contributed by atoms with van der Waals surface area (Å²) < 4.78 is 5.72. The molecule has 154 valence electrons. The van der Waals surface area contributed by atoms with Crippen LogP contribution >= 0.6 is 0 Å². The average molecular weight is 388 g/mol. The number of nitrogens with zero attached hydrogens (tertiary/aromatic N) is 3. The van der Waals surface area contributed by atoms with Crippen molar-refractivity contribution < 1.29 is 14.3 Å². The zero-order valence-corrected chi connectivity index (χ0v) is 17.6. The van der Waals surface area contributed by atoms with Gasteiger partial charge in [-0.2, -0.15) is 0 Å². The molecule has 1 saturated carbocycles. The summed E-state index contributed by atoms with van der Waals surface area (Å²) >= 11 is 0. The van der Waals surface area contributed by atoms with Gasteiger partial charge in [0.25, 0.3) is 0 Å². The van der Waals surface area contributed by atoms with Gasteiger partial charge in [-0.1, -0.05) is 6.42 Å². The van der Waals surface area contributed by atoms with Gasteiger partial charge in [-0.3, -0.25) is 9.78 Å². The molecule has 0 N–H and O–H groups in total. The Morgan fingerprint density at radius 1 is 1.21 bits per heavy atom. The molecular formula is C22H33N3O3. The van der Waals surface area contributed by atoms with Crippen LogP contribution in [-0.4, -0.2) is 53.0 Å². The second kappa shape index (κ2) is 8.50. The zero-order chi connectivity index (χ0) is 20.3. The molecule has 6 nitrogen and oxygen atoms in total. The van der Waals surface area contributed by atoms with Crippen LogP contribution in [0.15, 0.2) is 18.3 Å². The fraction of sp³-hybridized carbons (Fsp3) is 0.682. The summed E-state index contributed by atoms with van der Waals surface area (Å²) in [6.07, 6.45) is 7.24. The van der Waals surface area contributed by atoms with Crippen molar-refractivity contribution in [3.05, 3.63) is 24.0 Å². The topological polar surface area (TPSA) is 62.7 Å². The Bertz CT molecular complexity index is 692. The molecule has 0 unspecified atom stereocenters. The minimum atomic E-state index is -0.490. The third kappa shape index (κ3) is 5.24. The predicted octanol–water partition coefficient (Wildman–Crippen LogP) is 4.29. The van der Waals surface area contributed by atoms with E-state index in [2.05, 4.69) is 9.88 Å². The summed E-state index contributed by atoms with van der Waals surface area (Å²) in [4.78, 5) is 32.9. The maximum atomic E-state index is 12.9. The number of carbonyl (C=O) groups is 2. The van der Waals surface area contributed by atoms with Crippen LogP contribution in [0.5, 0.6) is 0 Å². The van der Waals surface area contributed by atoms with Crippen LogP contribution in [-0.2, 0) is 4.74 Å². The van der Waals surface area contributed by atoms with Crippen molar-refractivity contribution in [1.29, 1.82) is 0 Å². The number of aromatic nitrogens is 1. The Morgan fingerprint density at radius 3 is 2.50 bits per heavy atom. The van der Waals surface area contributed by atoms with Gasteiger partial charge >= 0.3 is 6.09 Å². The second-order valence-corrected chi connectivity index (χ2v) is 9.13. The van der Waals surface area contributed by atoms with Crippen LogP contribution in [0, 0.1) is 5.92 Å². The molecule has 1 aromatic heterocycles. The highest BCUT2D eigenvalue weighted by Crippen LogP contribution is 2.30. The van der Waals surface area contributed by atoms with Crippen LogP contribution in [0.25, 0.3) is 0 Å². The number of ketones is 1. The minimum Gasteiger partial charge on any atom is -0.444 e. The van der Waals surface area contributed by atoms with Gasteiger partial charge in [-0.15, -0.1) is 0 Å². The number of carbonyl (C=O) groups excluding carboxylic acids is 2. The van der Waals surface area contributed by atoms with Crippen LogP contribution in [0.1, 0.15) is 70.3 Å². The first-order valence-corrected chi connectivity index (χ1v) is 10.4. The third-order valence-corrected chi connectivity index (χ3v) is 5.62. The summed E-state index contributed by atoms with van der Waals surface area (Å²) in [5.41, 5.74) is 0.996. The molecular weight excluding hydrogens is 354 g/mol. The highest BCUT2D eigenvalue weighted by molar-refractivity contribution is 5.92. The van der Waals surface area contributed by atoms with Crippen molar-refractivity contribution in [2.24, 2.45) is 5.92 Å². The van der Waals surface area contributed by atoms with E-state index in [0.29, 0.717) is 11.6 Å². The number of rotatable bonds is 5. The molecule has 28 heavy (non-hydrogen) atoms. The fourth-order valence-electron chi connectivity index (χ4n) is 3.87. The lowest BCUT2D eigenvalue weighted by Gasteiger charge is -2.43. The normalized spacial score (nSPS) is 20.4. The van der Waals surface area contributed by atoms with Crippen molar-refractivity contribution in [2.75, 3.05) is 24.5 Å². The highest BCUT2D eigenvalue weighted by atomic mass is 16.6. The molecule has 0 spiro atoms. The first-order chi connectivity index (χ1) is 13.2. The van der Waals surface area contributed by atoms with E-state index in [1.165, 1.54) is 26.2 Å². The Balaban J connectivity index is 1.72. The van der Waals surface area contributed by atoms with Crippen LogP contribution in [0.2, 0.25) is 0 Å². The van der Waals surface area contributed by atoms with E-state index in [9.17, 15) is 9.59 Å². The van der Waals surface area contributed by atoms with Gasteiger partial charge in [-0.25, -0.2) is 4.79 Å². The van der Waals surface area contributed by atoms with Crippen LogP contribution in [0.3, 0.4) is 0 Å². The van der Waals surface area contributed by atoms with Gasteiger partial charge in [0.2, 0.25) is 0 Å². The molecule has 1 aliphatic carbocycles. The average Bonchev–Trinajstić information content (AvgIpc) is 2.59. The molecule has 1 aliphatic heterocycles. The number of hydrogen-bond donors (Lipinski definition) is 0. The van der Waals surface area contributed by atoms with Gasteiger partial charge in [0.1, 0.15) is 11.3 Å². The molecule has 0 bridgehead atoms. The largest absolute Gasteiger partial charge is 0.444 e. The number of ether oxygens (including phenoxy) is 1. The maximum absolute atomic E-state index is 12.9.